The highest BCUT2D eigenvalue weighted by Gasteiger charge is 2.20. The SMILES string of the molecule is CS(=O)(=O)c1cccc(-c2nc(/C=C3/SC(N)=NC3=O)cs2)c1. The molecule has 9 heteroatoms. The molecule has 118 valence electrons. The summed E-state index contributed by atoms with van der Waals surface area (Å²) in [4.78, 5) is 20.3. The summed E-state index contributed by atoms with van der Waals surface area (Å²) in [5, 5.41) is 2.68. The van der Waals surface area contributed by atoms with Gasteiger partial charge in [0.2, 0.25) is 0 Å². The first-order valence-electron chi connectivity index (χ1n) is 6.37. The molecule has 0 atom stereocenters. The van der Waals surface area contributed by atoms with Crippen LogP contribution in [0.5, 0.6) is 0 Å². The Morgan fingerprint density at radius 1 is 1.30 bits per heavy atom. The van der Waals surface area contributed by atoms with Gasteiger partial charge in [0.1, 0.15) is 5.01 Å². The number of amidine groups is 1. The third-order valence-electron chi connectivity index (χ3n) is 2.95. The van der Waals surface area contributed by atoms with Crippen molar-refractivity contribution in [2.75, 3.05) is 6.26 Å². The van der Waals surface area contributed by atoms with Crippen molar-refractivity contribution in [1.29, 1.82) is 0 Å². The largest absolute Gasteiger partial charge is 0.378 e. The molecule has 0 saturated carbocycles. The smallest absolute Gasteiger partial charge is 0.286 e. The van der Waals surface area contributed by atoms with Gasteiger partial charge >= 0.3 is 0 Å². The third-order valence-corrected chi connectivity index (χ3v) is 5.78. The van der Waals surface area contributed by atoms with E-state index in [1.54, 1.807) is 35.7 Å². The van der Waals surface area contributed by atoms with Gasteiger partial charge in [-0.2, -0.15) is 4.99 Å². The molecule has 0 fully saturated rings. The molecule has 2 N–H and O–H groups in total. The summed E-state index contributed by atoms with van der Waals surface area (Å²) in [6, 6.07) is 6.60. The van der Waals surface area contributed by atoms with E-state index < -0.39 is 9.84 Å². The highest BCUT2D eigenvalue weighted by atomic mass is 32.2. The average Bonchev–Trinajstić information content (AvgIpc) is 3.06. The number of aliphatic imine (C=N–C) groups is 1. The number of sulfone groups is 1. The normalized spacial score (nSPS) is 16.8. The summed E-state index contributed by atoms with van der Waals surface area (Å²) in [7, 11) is -3.27. The number of carbonyl (C=O) groups is 1. The number of benzene rings is 1. The van der Waals surface area contributed by atoms with E-state index in [-0.39, 0.29) is 16.0 Å². The molecule has 1 amide bonds. The minimum Gasteiger partial charge on any atom is -0.378 e. The number of nitrogens with zero attached hydrogens (tertiary/aromatic N) is 2. The molecule has 0 unspecified atom stereocenters. The van der Waals surface area contributed by atoms with Crippen LogP contribution in [-0.2, 0) is 14.6 Å². The molecule has 1 aromatic carbocycles. The summed E-state index contributed by atoms with van der Waals surface area (Å²) in [6.45, 7) is 0. The maximum atomic E-state index is 11.6. The van der Waals surface area contributed by atoms with Gasteiger partial charge in [-0.05, 0) is 30.0 Å². The highest BCUT2D eigenvalue weighted by molar-refractivity contribution is 8.18. The maximum absolute atomic E-state index is 11.6. The quantitative estimate of drug-likeness (QED) is 0.836. The summed E-state index contributed by atoms with van der Waals surface area (Å²) in [5.41, 5.74) is 6.82. The number of aromatic nitrogens is 1. The molecule has 2 heterocycles. The third kappa shape index (κ3) is 3.52. The van der Waals surface area contributed by atoms with Crippen LogP contribution in [0.1, 0.15) is 5.69 Å². The van der Waals surface area contributed by atoms with Gasteiger partial charge in [-0.25, -0.2) is 13.4 Å². The molecule has 23 heavy (non-hydrogen) atoms. The predicted octanol–water partition coefficient (Wildman–Crippen LogP) is 2.14. The van der Waals surface area contributed by atoms with E-state index in [0.29, 0.717) is 21.2 Å². The van der Waals surface area contributed by atoms with E-state index in [1.807, 2.05) is 0 Å². The zero-order valence-corrected chi connectivity index (χ0v) is 14.3. The first-order valence-corrected chi connectivity index (χ1v) is 9.96. The van der Waals surface area contributed by atoms with E-state index in [4.69, 9.17) is 5.73 Å². The lowest BCUT2D eigenvalue weighted by molar-refractivity contribution is -0.113. The van der Waals surface area contributed by atoms with Crippen LogP contribution in [0, 0.1) is 0 Å². The molecule has 2 aromatic rings. The summed E-state index contributed by atoms with van der Waals surface area (Å²) in [6.07, 6.45) is 2.79. The van der Waals surface area contributed by atoms with Crippen LogP contribution in [0.25, 0.3) is 16.6 Å². The second-order valence-corrected chi connectivity index (χ2v) is 8.68. The van der Waals surface area contributed by atoms with Crippen LogP contribution in [0.4, 0.5) is 0 Å². The Morgan fingerprint density at radius 3 is 2.74 bits per heavy atom. The Labute approximate surface area is 141 Å². The van der Waals surface area contributed by atoms with Crippen LogP contribution in [-0.4, -0.2) is 30.7 Å². The first-order chi connectivity index (χ1) is 10.8. The number of hydrogen-bond donors (Lipinski definition) is 1. The second-order valence-electron chi connectivity index (χ2n) is 4.74. The van der Waals surface area contributed by atoms with Gasteiger partial charge in [0, 0.05) is 17.2 Å². The van der Waals surface area contributed by atoms with Crippen molar-refractivity contribution in [1.82, 2.24) is 4.98 Å². The van der Waals surface area contributed by atoms with E-state index in [2.05, 4.69) is 9.98 Å². The van der Waals surface area contributed by atoms with Gasteiger partial charge in [0.25, 0.3) is 5.91 Å². The van der Waals surface area contributed by atoms with Gasteiger partial charge < -0.3 is 5.73 Å². The lowest BCUT2D eigenvalue weighted by Gasteiger charge is -2.00. The topological polar surface area (TPSA) is 102 Å². The van der Waals surface area contributed by atoms with Crippen molar-refractivity contribution in [2.24, 2.45) is 10.7 Å². The van der Waals surface area contributed by atoms with Crippen molar-refractivity contribution in [2.45, 2.75) is 4.90 Å². The van der Waals surface area contributed by atoms with E-state index in [1.165, 1.54) is 11.3 Å². The Hall–Kier alpha value is -1.97. The number of nitrogens with two attached hydrogens (primary N) is 1. The highest BCUT2D eigenvalue weighted by Crippen LogP contribution is 2.30. The number of hydrogen-bond acceptors (Lipinski definition) is 7. The molecular weight excluding hydrogens is 354 g/mol. The maximum Gasteiger partial charge on any atom is 0.286 e. The molecule has 1 aliphatic rings. The van der Waals surface area contributed by atoms with Crippen molar-refractivity contribution in [3.63, 3.8) is 0 Å². The Morgan fingerprint density at radius 2 is 2.09 bits per heavy atom. The average molecular weight is 365 g/mol. The fraction of sp³-hybridized carbons (Fsp3) is 0.0714. The number of rotatable bonds is 3. The van der Waals surface area contributed by atoms with Crippen molar-refractivity contribution >= 4 is 50.1 Å². The van der Waals surface area contributed by atoms with Crippen LogP contribution in [0.15, 0.2) is 44.4 Å². The lowest BCUT2D eigenvalue weighted by atomic mass is 10.2. The van der Waals surface area contributed by atoms with Crippen LogP contribution < -0.4 is 5.73 Å². The van der Waals surface area contributed by atoms with Crippen LogP contribution >= 0.6 is 23.1 Å². The van der Waals surface area contributed by atoms with Gasteiger partial charge in [-0.1, -0.05) is 12.1 Å². The van der Waals surface area contributed by atoms with E-state index >= 15 is 0 Å². The molecule has 6 nitrogen and oxygen atoms in total. The van der Waals surface area contributed by atoms with Crippen LogP contribution in [0.2, 0.25) is 0 Å². The summed E-state index contributed by atoms with van der Waals surface area (Å²) in [5.74, 6) is -0.374. The minimum absolute atomic E-state index is 0.220. The van der Waals surface area contributed by atoms with E-state index in [9.17, 15) is 13.2 Å². The zero-order chi connectivity index (χ0) is 16.6. The number of carbonyl (C=O) groups excluding carboxylic acids is 1. The number of thioether (sulfide) groups is 1. The molecular formula is C14H11N3O3S3. The predicted molar refractivity (Wildman–Crippen MR) is 92.9 cm³/mol. The van der Waals surface area contributed by atoms with Crippen molar-refractivity contribution < 1.29 is 13.2 Å². The number of thiazole rings is 1. The Balaban J connectivity index is 1.92. The Kier molecular flexibility index (Phi) is 4.09. The molecule has 0 saturated heterocycles. The lowest BCUT2D eigenvalue weighted by Crippen LogP contribution is -2.01. The monoisotopic (exact) mass is 365 g/mol. The van der Waals surface area contributed by atoms with Gasteiger partial charge in [0.15, 0.2) is 15.0 Å². The molecule has 3 rings (SSSR count). The molecule has 1 aliphatic heterocycles. The summed E-state index contributed by atoms with van der Waals surface area (Å²) >= 11 is 2.47. The molecule has 0 radical (unpaired) electrons. The fourth-order valence-corrected chi connectivity index (χ4v) is 4.01. The first kappa shape index (κ1) is 15.9. The molecule has 0 bridgehead atoms. The second kappa shape index (κ2) is 5.91. The molecule has 1 aromatic heterocycles. The van der Waals surface area contributed by atoms with E-state index in [0.717, 1.165) is 18.0 Å². The Bertz CT molecular complexity index is 958. The summed E-state index contributed by atoms with van der Waals surface area (Å²) < 4.78 is 23.3. The minimum atomic E-state index is -3.27. The number of amides is 1. The van der Waals surface area contributed by atoms with Gasteiger partial charge in [-0.3, -0.25) is 4.79 Å². The standard InChI is InChI=1S/C14H11N3O3S3/c1-23(19,20)10-4-2-3-8(5-10)13-16-9(7-21-13)6-11-12(18)17-14(15)22-11/h2-7H,1H3,(H2,15,17,18)/b11-6+. The molecule has 0 spiro atoms. The van der Waals surface area contributed by atoms with Gasteiger partial charge in [-0.15, -0.1) is 11.3 Å². The van der Waals surface area contributed by atoms with Crippen LogP contribution in [0.3, 0.4) is 0 Å². The van der Waals surface area contributed by atoms with Crippen molar-refractivity contribution in [3.8, 4) is 10.6 Å². The zero-order valence-electron chi connectivity index (χ0n) is 11.9. The van der Waals surface area contributed by atoms with Gasteiger partial charge in [0.05, 0.1) is 15.5 Å². The molecule has 0 aliphatic carbocycles. The fourth-order valence-electron chi connectivity index (χ4n) is 1.90. The van der Waals surface area contributed by atoms with Crippen molar-refractivity contribution in [3.05, 3.63) is 40.2 Å².